The Labute approximate surface area is 121 Å². The molecule has 0 saturated heterocycles. The molecule has 2 aromatic rings. The van der Waals surface area contributed by atoms with Crippen molar-refractivity contribution in [2.24, 2.45) is 0 Å². The number of ether oxygens (including phenoxy) is 1. The van der Waals surface area contributed by atoms with Crippen LogP contribution in [0.15, 0.2) is 42.5 Å². The fourth-order valence-electron chi connectivity index (χ4n) is 1.74. The molecule has 0 heterocycles. The summed E-state index contributed by atoms with van der Waals surface area (Å²) in [7, 11) is 0. The minimum absolute atomic E-state index is 0.255. The number of hydrogen-bond acceptors (Lipinski definition) is 3. The van der Waals surface area contributed by atoms with E-state index in [9.17, 15) is 9.18 Å². The van der Waals surface area contributed by atoms with Crippen LogP contribution in [0, 0.1) is 24.1 Å². The highest BCUT2D eigenvalue weighted by molar-refractivity contribution is 5.92. The van der Waals surface area contributed by atoms with Crippen molar-refractivity contribution in [3.8, 4) is 11.8 Å². The summed E-state index contributed by atoms with van der Waals surface area (Å²) in [4.78, 5) is 11.8. The number of nitrogens with zero attached hydrogens (tertiary/aromatic N) is 1. The van der Waals surface area contributed by atoms with Crippen LogP contribution < -0.4 is 10.1 Å². The van der Waals surface area contributed by atoms with E-state index in [2.05, 4.69) is 5.32 Å². The fourth-order valence-corrected chi connectivity index (χ4v) is 1.74. The van der Waals surface area contributed by atoms with Crippen molar-refractivity contribution in [2.75, 3.05) is 11.9 Å². The Balaban J connectivity index is 2.00. The molecule has 0 saturated carbocycles. The second kappa shape index (κ2) is 6.53. The van der Waals surface area contributed by atoms with Crippen LogP contribution in [0.1, 0.15) is 11.1 Å². The number of carbonyl (C=O) groups excluding carboxylic acids is 1. The Hall–Kier alpha value is -2.87. The van der Waals surface area contributed by atoms with Gasteiger partial charge in [-0.1, -0.05) is 18.2 Å². The van der Waals surface area contributed by atoms with Gasteiger partial charge in [0.1, 0.15) is 17.6 Å². The molecule has 0 aliphatic rings. The first kappa shape index (κ1) is 14.5. The number of anilines is 1. The lowest BCUT2D eigenvalue weighted by Gasteiger charge is -2.10. The van der Waals surface area contributed by atoms with E-state index in [0.717, 1.165) is 5.56 Å². The van der Waals surface area contributed by atoms with Crippen LogP contribution in [-0.4, -0.2) is 12.5 Å². The van der Waals surface area contributed by atoms with Gasteiger partial charge >= 0.3 is 0 Å². The third-order valence-corrected chi connectivity index (χ3v) is 2.84. The maximum atomic E-state index is 13.1. The fraction of sp³-hybridized carbons (Fsp3) is 0.125. The van der Waals surface area contributed by atoms with Crippen molar-refractivity contribution in [3.63, 3.8) is 0 Å². The molecule has 21 heavy (non-hydrogen) atoms. The summed E-state index contributed by atoms with van der Waals surface area (Å²) in [5.74, 6) is -0.505. The zero-order valence-corrected chi connectivity index (χ0v) is 11.4. The number of rotatable bonds is 4. The predicted molar refractivity (Wildman–Crippen MR) is 76.4 cm³/mol. The second-order valence-electron chi connectivity index (χ2n) is 4.40. The van der Waals surface area contributed by atoms with Crippen molar-refractivity contribution in [1.82, 2.24) is 0 Å². The number of amides is 1. The van der Waals surface area contributed by atoms with Gasteiger partial charge in [0, 0.05) is 5.69 Å². The van der Waals surface area contributed by atoms with Gasteiger partial charge in [-0.05, 0) is 36.8 Å². The van der Waals surface area contributed by atoms with Gasteiger partial charge in [-0.3, -0.25) is 4.79 Å². The van der Waals surface area contributed by atoms with Gasteiger partial charge in [0.2, 0.25) is 0 Å². The largest absolute Gasteiger partial charge is 0.482 e. The van der Waals surface area contributed by atoms with Crippen LogP contribution in [0.25, 0.3) is 0 Å². The molecule has 1 N–H and O–H groups in total. The van der Waals surface area contributed by atoms with Gasteiger partial charge < -0.3 is 10.1 Å². The maximum absolute atomic E-state index is 13.1. The van der Waals surface area contributed by atoms with E-state index >= 15 is 0 Å². The normalized spacial score (nSPS) is 9.76. The van der Waals surface area contributed by atoms with E-state index < -0.39 is 11.7 Å². The predicted octanol–water partition coefficient (Wildman–Crippen LogP) is 3.02. The van der Waals surface area contributed by atoms with Crippen molar-refractivity contribution in [2.45, 2.75) is 6.92 Å². The average molecular weight is 284 g/mol. The molecule has 0 radical (unpaired) electrons. The molecule has 2 rings (SSSR count). The number of nitrogens with one attached hydrogen (secondary N) is 1. The molecule has 4 nitrogen and oxygen atoms in total. The van der Waals surface area contributed by atoms with Gasteiger partial charge in [-0.15, -0.1) is 0 Å². The van der Waals surface area contributed by atoms with Gasteiger partial charge in [0.25, 0.3) is 5.91 Å². The zero-order valence-electron chi connectivity index (χ0n) is 11.4. The lowest BCUT2D eigenvalue weighted by molar-refractivity contribution is -0.118. The van der Waals surface area contributed by atoms with E-state index in [1.54, 1.807) is 37.3 Å². The van der Waals surface area contributed by atoms with E-state index in [1.807, 2.05) is 6.07 Å². The first-order valence-electron chi connectivity index (χ1n) is 6.28. The molecule has 1 amide bonds. The Kier molecular flexibility index (Phi) is 4.52. The van der Waals surface area contributed by atoms with Crippen LogP contribution in [0.4, 0.5) is 10.1 Å². The van der Waals surface area contributed by atoms with Crippen LogP contribution in [0.3, 0.4) is 0 Å². The van der Waals surface area contributed by atoms with Crippen molar-refractivity contribution in [1.29, 1.82) is 5.26 Å². The summed E-state index contributed by atoms with van der Waals surface area (Å²) in [6, 6.07) is 12.8. The highest BCUT2D eigenvalue weighted by Crippen LogP contribution is 2.18. The average Bonchev–Trinajstić information content (AvgIpc) is 2.49. The second-order valence-corrected chi connectivity index (χ2v) is 4.40. The summed E-state index contributed by atoms with van der Waals surface area (Å²) < 4.78 is 18.4. The first-order valence-corrected chi connectivity index (χ1v) is 6.28. The van der Waals surface area contributed by atoms with E-state index in [4.69, 9.17) is 10.00 Å². The van der Waals surface area contributed by atoms with E-state index in [1.165, 1.54) is 12.1 Å². The van der Waals surface area contributed by atoms with Gasteiger partial charge in [0.05, 0.1) is 5.56 Å². The number of benzene rings is 2. The molecule has 5 heteroatoms. The quantitative estimate of drug-likeness (QED) is 0.938. The molecule has 0 atom stereocenters. The van der Waals surface area contributed by atoms with Crippen LogP contribution in [0.5, 0.6) is 5.75 Å². The highest BCUT2D eigenvalue weighted by atomic mass is 19.1. The molecular weight excluding hydrogens is 271 g/mol. The van der Waals surface area contributed by atoms with Crippen LogP contribution >= 0.6 is 0 Å². The Bertz CT molecular complexity index is 708. The Morgan fingerprint density at radius 1 is 1.33 bits per heavy atom. The summed E-state index contributed by atoms with van der Waals surface area (Å²) in [6.45, 7) is 1.51. The van der Waals surface area contributed by atoms with Crippen molar-refractivity contribution in [3.05, 3.63) is 59.4 Å². The lowest BCUT2D eigenvalue weighted by atomic mass is 10.2. The number of carbonyl (C=O) groups is 1. The van der Waals surface area contributed by atoms with Crippen LogP contribution in [-0.2, 0) is 4.79 Å². The molecule has 0 unspecified atom stereocenters. The van der Waals surface area contributed by atoms with Crippen molar-refractivity contribution < 1.29 is 13.9 Å². The first-order chi connectivity index (χ1) is 10.1. The third-order valence-electron chi connectivity index (χ3n) is 2.84. The summed E-state index contributed by atoms with van der Waals surface area (Å²) >= 11 is 0. The van der Waals surface area contributed by atoms with E-state index in [0.29, 0.717) is 17.0 Å². The van der Waals surface area contributed by atoms with E-state index in [-0.39, 0.29) is 6.61 Å². The maximum Gasteiger partial charge on any atom is 0.262 e. The summed E-state index contributed by atoms with van der Waals surface area (Å²) in [5.41, 5.74) is 1.51. The monoisotopic (exact) mass is 284 g/mol. The SMILES string of the molecule is Cc1ccc(F)cc1NC(=O)COc1ccccc1C#N. The number of halogens is 1. The molecule has 0 aliphatic carbocycles. The molecule has 2 aromatic carbocycles. The summed E-state index contributed by atoms with van der Waals surface area (Å²) in [5, 5.41) is 11.5. The molecule has 106 valence electrons. The standard InChI is InChI=1S/C16H13FN2O2/c1-11-6-7-13(17)8-14(11)19-16(20)10-21-15-5-3-2-4-12(15)9-18/h2-8H,10H2,1H3,(H,19,20). The minimum atomic E-state index is -0.424. The van der Waals surface area contributed by atoms with Gasteiger partial charge in [-0.2, -0.15) is 5.26 Å². The smallest absolute Gasteiger partial charge is 0.262 e. The molecule has 0 aromatic heterocycles. The molecule has 0 spiro atoms. The highest BCUT2D eigenvalue weighted by Gasteiger charge is 2.08. The summed E-state index contributed by atoms with van der Waals surface area (Å²) in [6.07, 6.45) is 0. The lowest BCUT2D eigenvalue weighted by Crippen LogP contribution is -2.21. The zero-order chi connectivity index (χ0) is 15.2. The van der Waals surface area contributed by atoms with Gasteiger partial charge in [0.15, 0.2) is 6.61 Å². The number of hydrogen-bond donors (Lipinski definition) is 1. The number of nitriles is 1. The Morgan fingerprint density at radius 3 is 2.86 bits per heavy atom. The molecule has 0 aliphatic heterocycles. The minimum Gasteiger partial charge on any atom is -0.482 e. The third kappa shape index (κ3) is 3.80. The van der Waals surface area contributed by atoms with Gasteiger partial charge in [-0.25, -0.2) is 4.39 Å². The topological polar surface area (TPSA) is 62.1 Å². The molecule has 0 fully saturated rings. The molecule has 0 bridgehead atoms. The van der Waals surface area contributed by atoms with Crippen molar-refractivity contribution >= 4 is 11.6 Å². The van der Waals surface area contributed by atoms with Crippen LogP contribution in [0.2, 0.25) is 0 Å². The Morgan fingerprint density at radius 2 is 2.10 bits per heavy atom. The number of para-hydroxylation sites is 1. The number of aryl methyl sites for hydroxylation is 1. The molecular formula is C16H13FN2O2.